The molecule has 0 amide bonds. The summed E-state index contributed by atoms with van der Waals surface area (Å²) in [5.41, 5.74) is 4.75. The summed E-state index contributed by atoms with van der Waals surface area (Å²) >= 11 is 0. The van der Waals surface area contributed by atoms with Crippen LogP contribution in [0, 0.1) is 19.8 Å². The molecule has 21 heavy (non-hydrogen) atoms. The molecule has 3 heteroatoms. The summed E-state index contributed by atoms with van der Waals surface area (Å²) in [7, 11) is 0. The fraction of sp³-hybridized carbons (Fsp3) is 0.389. The number of aliphatic hydroxyl groups excluding tert-OH is 1. The van der Waals surface area contributed by atoms with E-state index < -0.39 is 0 Å². The van der Waals surface area contributed by atoms with Crippen LogP contribution in [0.2, 0.25) is 0 Å². The van der Waals surface area contributed by atoms with Crippen LogP contribution in [0.15, 0.2) is 35.1 Å². The summed E-state index contributed by atoms with van der Waals surface area (Å²) < 4.78 is 1.78. The Hall–Kier alpha value is -1.87. The van der Waals surface area contributed by atoms with Crippen LogP contribution in [0.4, 0.5) is 0 Å². The fourth-order valence-electron chi connectivity index (χ4n) is 2.44. The fourth-order valence-corrected chi connectivity index (χ4v) is 2.44. The highest BCUT2D eigenvalue weighted by atomic mass is 16.3. The van der Waals surface area contributed by atoms with Crippen LogP contribution >= 0.6 is 0 Å². The molecule has 0 saturated heterocycles. The number of rotatable bonds is 4. The minimum atomic E-state index is -0.218. The summed E-state index contributed by atoms with van der Waals surface area (Å²) in [6.45, 7) is 8.75. The van der Waals surface area contributed by atoms with Gasteiger partial charge in [0.1, 0.15) is 0 Å². The van der Waals surface area contributed by atoms with Gasteiger partial charge in [-0.15, -0.1) is 0 Å². The molecule has 1 aromatic heterocycles. The Kier molecular flexibility index (Phi) is 4.63. The first kappa shape index (κ1) is 15.5. The number of hydrogen-bond donors (Lipinski definition) is 1. The zero-order valence-electron chi connectivity index (χ0n) is 13.2. The Morgan fingerprint density at radius 3 is 2.38 bits per heavy atom. The normalized spacial score (nSPS) is 11.1. The van der Waals surface area contributed by atoms with Crippen molar-refractivity contribution in [1.82, 2.24) is 4.57 Å². The Bertz CT molecular complexity index is 699. The third-order valence-corrected chi connectivity index (χ3v) is 3.77. The maximum Gasteiger partial charge on any atom is 0.256 e. The van der Waals surface area contributed by atoms with Crippen molar-refractivity contribution in [3.8, 4) is 11.3 Å². The summed E-state index contributed by atoms with van der Waals surface area (Å²) in [6, 6.07) is 9.89. The minimum absolute atomic E-state index is 0.0954. The van der Waals surface area contributed by atoms with Crippen LogP contribution < -0.4 is 5.56 Å². The van der Waals surface area contributed by atoms with Gasteiger partial charge in [-0.25, -0.2) is 0 Å². The van der Waals surface area contributed by atoms with Gasteiger partial charge in [-0.05, 0) is 54.7 Å². The molecule has 0 unspecified atom stereocenters. The number of hydrogen-bond acceptors (Lipinski definition) is 2. The zero-order valence-corrected chi connectivity index (χ0v) is 13.2. The maximum absolute atomic E-state index is 12.5. The van der Waals surface area contributed by atoms with E-state index in [0.29, 0.717) is 18.0 Å². The molecule has 0 fully saturated rings. The van der Waals surface area contributed by atoms with Crippen molar-refractivity contribution in [2.75, 3.05) is 0 Å². The molecule has 0 aliphatic rings. The number of aliphatic hydroxyl groups is 1. The summed E-state index contributed by atoms with van der Waals surface area (Å²) in [6.07, 6.45) is 0. The van der Waals surface area contributed by atoms with Gasteiger partial charge in [-0.1, -0.05) is 26.0 Å². The molecule has 112 valence electrons. The van der Waals surface area contributed by atoms with Crippen LogP contribution in [0.1, 0.15) is 30.5 Å². The molecule has 0 saturated carbocycles. The average molecular weight is 285 g/mol. The lowest BCUT2D eigenvalue weighted by Gasteiger charge is -2.17. The first-order valence-electron chi connectivity index (χ1n) is 7.35. The molecule has 0 atom stereocenters. The highest BCUT2D eigenvalue weighted by molar-refractivity contribution is 5.61. The quantitative estimate of drug-likeness (QED) is 0.936. The molecule has 1 N–H and O–H groups in total. The first-order chi connectivity index (χ1) is 9.93. The van der Waals surface area contributed by atoms with Crippen LogP contribution in [0.5, 0.6) is 0 Å². The monoisotopic (exact) mass is 285 g/mol. The lowest BCUT2D eigenvalue weighted by molar-refractivity contribution is 0.279. The molecule has 0 bridgehead atoms. The van der Waals surface area contributed by atoms with Gasteiger partial charge < -0.3 is 9.67 Å². The van der Waals surface area contributed by atoms with Crippen LogP contribution in [-0.4, -0.2) is 9.67 Å². The smallest absolute Gasteiger partial charge is 0.256 e. The van der Waals surface area contributed by atoms with Crippen LogP contribution in [0.3, 0.4) is 0 Å². The van der Waals surface area contributed by atoms with Crippen molar-refractivity contribution in [2.24, 2.45) is 5.92 Å². The number of aryl methyl sites for hydroxylation is 2. The Labute approximate surface area is 125 Å². The molecular weight excluding hydrogens is 262 g/mol. The van der Waals surface area contributed by atoms with Crippen LogP contribution in [-0.2, 0) is 13.2 Å². The van der Waals surface area contributed by atoms with Crippen LogP contribution in [0.25, 0.3) is 11.3 Å². The Morgan fingerprint density at radius 1 is 1.10 bits per heavy atom. The molecular formula is C18H23NO2. The maximum atomic E-state index is 12.5. The zero-order chi connectivity index (χ0) is 15.6. The minimum Gasteiger partial charge on any atom is -0.391 e. The summed E-state index contributed by atoms with van der Waals surface area (Å²) in [5, 5.41) is 9.31. The second-order valence-electron chi connectivity index (χ2n) is 6.01. The predicted octanol–water partition coefficient (Wildman–Crippen LogP) is 3.28. The molecule has 1 aromatic carbocycles. The van der Waals surface area contributed by atoms with E-state index in [1.54, 1.807) is 10.6 Å². The van der Waals surface area contributed by atoms with E-state index in [4.69, 9.17) is 0 Å². The molecule has 0 aliphatic carbocycles. The largest absolute Gasteiger partial charge is 0.391 e. The van der Waals surface area contributed by atoms with Crippen molar-refractivity contribution >= 4 is 0 Å². The second-order valence-corrected chi connectivity index (χ2v) is 6.01. The Balaban J connectivity index is 2.64. The molecule has 2 aromatic rings. The van der Waals surface area contributed by atoms with E-state index in [1.165, 1.54) is 11.1 Å². The summed E-state index contributed by atoms with van der Waals surface area (Å²) in [4.78, 5) is 12.5. The molecule has 1 heterocycles. The number of pyridine rings is 1. The van der Waals surface area contributed by atoms with E-state index >= 15 is 0 Å². The lowest BCUT2D eigenvalue weighted by atomic mass is 10.0. The Morgan fingerprint density at radius 2 is 1.81 bits per heavy atom. The van der Waals surface area contributed by atoms with Gasteiger partial charge in [0.15, 0.2) is 0 Å². The molecule has 0 aliphatic heterocycles. The van der Waals surface area contributed by atoms with E-state index in [0.717, 1.165) is 11.3 Å². The third-order valence-electron chi connectivity index (χ3n) is 3.77. The van der Waals surface area contributed by atoms with Gasteiger partial charge in [-0.3, -0.25) is 4.79 Å². The molecule has 3 nitrogen and oxygen atoms in total. The van der Waals surface area contributed by atoms with Crippen molar-refractivity contribution in [3.05, 3.63) is 57.4 Å². The van der Waals surface area contributed by atoms with Crippen molar-refractivity contribution in [1.29, 1.82) is 0 Å². The van der Waals surface area contributed by atoms with Crippen molar-refractivity contribution in [3.63, 3.8) is 0 Å². The summed E-state index contributed by atoms with van der Waals surface area (Å²) in [5.74, 6) is 0.363. The van der Waals surface area contributed by atoms with Gasteiger partial charge in [0.2, 0.25) is 0 Å². The van der Waals surface area contributed by atoms with Gasteiger partial charge >= 0.3 is 0 Å². The van der Waals surface area contributed by atoms with Gasteiger partial charge in [0.25, 0.3) is 5.56 Å². The molecule has 0 spiro atoms. The standard InChI is InChI=1S/C18H23NO2/c1-12(2)10-19-17(8-7-16(11-20)18(19)21)15-6-5-13(3)14(4)9-15/h5-9,12,20H,10-11H2,1-4H3. The predicted molar refractivity (Wildman–Crippen MR) is 86.4 cm³/mol. The number of benzene rings is 1. The average Bonchev–Trinajstić information content (AvgIpc) is 2.44. The van der Waals surface area contributed by atoms with Gasteiger partial charge in [0.05, 0.1) is 12.3 Å². The highest BCUT2D eigenvalue weighted by Gasteiger charge is 2.12. The number of aromatic nitrogens is 1. The van der Waals surface area contributed by atoms with Crippen molar-refractivity contribution in [2.45, 2.75) is 40.8 Å². The van der Waals surface area contributed by atoms with E-state index in [-0.39, 0.29) is 12.2 Å². The van der Waals surface area contributed by atoms with E-state index in [1.807, 2.05) is 12.1 Å². The third kappa shape index (κ3) is 3.24. The molecule has 0 radical (unpaired) electrons. The van der Waals surface area contributed by atoms with Crippen molar-refractivity contribution < 1.29 is 5.11 Å². The van der Waals surface area contributed by atoms with Gasteiger partial charge in [-0.2, -0.15) is 0 Å². The van der Waals surface area contributed by atoms with E-state index in [9.17, 15) is 9.90 Å². The highest BCUT2D eigenvalue weighted by Crippen LogP contribution is 2.22. The molecule has 2 rings (SSSR count). The second kappa shape index (κ2) is 6.27. The van der Waals surface area contributed by atoms with E-state index in [2.05, 4.69) is 39.8 Å². The number of nitrogens with zero attached hydrogens (tertiary/aromatic N) is 1. The lowest BCUT2D eigenvalue weighted by Crippen LogP contribution is -2.27. The SMILES string of the molecule is Cc1ccc(-c2ccc(CO)c(=O)n2CC(C)C)cc1C. The topological polar surface area (TPSA) is 42.2 Å². The first-order valence-corrected chi connectivity index (χ1v) is 7.35. The van der Waals surface area contributed by atoms with Gasteiger partial charge in [0, 0.05) is 12.1 Å².